The van der Waals surface area contributed by atoms with Gasteiger partial charge in [-0.15, -0.1) is 0 Å². The number of carbonyl (C=O) groups excluding carboxylic acids is 3. The van der Waals surface area contributed by atoms with Gasteiger partial charge in [0.15, 0.2) is 0 Å². The van der Waals surface area contributed by atoms with Crippen molar-refractivity contribution in [2.75, 3.05) is 0 Å². The molecule has 0 spiro atoms. The normalized spacial score (nSPS) is 18.3. The summed E-state index contributed by atoms with van der Waals surface area (Å²) in [5.41, 5.74) is 0.162. The van der Waals surface area contributed by atoms with Gasteiger partial charge in [-0.1, -0.05) is 0 Å². The molecule has 1 aliphatic heterocycles. The first kappa shape index (κ1) is 14.4. The van der Waals surface area contributed by atoms with Gasteiger partial charge in [-0.25, -0.2) is 4.79 Å². The van der Waals surface area contributed by atoms with E-state index in [1.54, 1.807) is 20.8 Å². The van der Waals surface area contributed by atoms with Crippen molar-refractivity contribution in [1.29, 1.82) is 0 Å². The minimum atomic E-state index is -0.623. The van der Waals surface area contributed by atoms with E-state index in [0.717, 1.165) is 0 Å². The number of carbonyl (C=O) groups is 3. The Bertz CT molecular complexity index is 415. The molecule has 0 bridgehead atoms. The van der Waals surface area contributed by atoms with Crippen LogP contribution in [0.3, 0.4) is 0 Å². The zero-order valence-corrected chi connectivity index (χ0v) is 11.3. The van der Waals surface area contributed by atoms with Gasteiger partial charge >= 0.3 is 5.97 Å². The second-order valence-corrected chi connectivity index (χ2v) is 5.39. The average Bonchev–Trinajstić information content (AvgIpc) is 2.57. The molecule has 0 atom stereocenters. The van der Waals surface area contributed by atoms with Crippen LogP contribution in [0.5, 0.6) is 0 Å². The topological polar surface area (TPSA) is 72.5 Å². The van der Waals surface area contributed by atoms with Crippen LogP contribution >= 0.6 is 0 Å². The number of nitrogens with one attached hydrogen (secondary N) is 1. The van der Waals surface area contributed by atoms with Crippen molar-refractivity contribution < 1.29 is 19.1 Å². The number of Topliss-reactive ketones (excluding diaryl/α,β-unsaturated/α-hetero) is 1. The molecule has 0 aliphatic carbocycles. The lowest BCUT2D eigenvalue weighted by Gasteiger charge is -2.21. The summed E-state index contributed by atoms with van der Waals surface area (Å²) >= 11 is 0. The zero-order valence-electron chi connectivity index (χ0n) is 11.3. The lowest BCUT2D eigenvalue weighted by atomic mass is 10.1. The Hall–Kier alpha value is -1.65. The smallest absolute Gasteiger partial charge is 0.336 e. The van der Waals surface area contributed by atoms with Crippen molar-refractivity contribution in [2.24, 2.45) is 0 Å². The molecule has 5 heteroatoms. The molecule has 1 heterocycles. The highest BCUT2D eigenvalue weighted by Gasteiger charge is 2.27. The van der Waals surface area contributed by atoms with Gasteiger partial charge in [-0.3, -0.25) is 9.59 Å². The van der Waals surface area contributed by atoms with Crippen molar-refractivity contribution >= 4 is 17.7 Å². The molecule has 1 fully saturated rings. The van der Waals surface area contributed by atoms with Gasteiger partial charge in [0, 0.05) is 18.5 Å². The highest BCUT2D eigenvalue weighted by Crippen LogP contribution is 2.21. The second kappa shape index (κ2) is 5.33. The lowest BCUT2D eigenvalue weighted by Crippen LogP contribution is -2.27. The van der Waals surface area contributed by atoms with Crippen molar-refractivity contribution in [1.82, 2.24) is 5.32 Å². The Kier molecular flexibility index (Phi) is 4.27. The third-order valence-electron chi connectivity index (χ3n) is 2.33. The van der Waals surface area contributed by atoms with E-state index in [4.69, 9.17) is 4.74 Å². The van der Waals surface area contributed by atoms with Crippen LogP contribution in [-0.4, -0.2) is 23.3 Å². The summed E-state index contributed by atoms with van der Waals surface area (Å²) < 4.78 is 5.25. The molecule has 0 saturated carbocycles. The highest BCUT2D eigenvalue weighted by molar-refractivity contribution is 5.97. The number of allylic oxidation sites excluding steroid dienone is 1. The fraction of sp³-hybridized carbons (Fsp3) is 0.615. The quantitative estimate of drug-likeness (QED) is 0.610. The van der Waals surface area contributed by atoms with Gasteiger partial charge in [0.05, 0.1) is 5.57 Å². The van der Waals surface area contributed by atoms with E-state index in [2.05, 4.69) is 5.32 Å². The van der Waals surface area contributed by atoms with Crippen LogP contribution in [0.4, 0.5) is 0 Å². The molecule has 5 nitrogen and oxygen atoms in total. The molecule has 0 aromatic heterocycles. The maximum atomic E-state index is 12.0. The molecule has 0 aromatic carbocycles. The van der Waals surface area contributed by atoms with Crippen molar-refractivity contribution in [3.05, 3.63) is 11.3 Å². The summed E-state index contributed by atoms with van der Waals surface area (Å²) in [6.07, 6.45) is 0.796. The largest absolute Gasteiger partial charge is 0.457 e. The van der Waals surface area contributed by atoms with Gasteiger partial charge in [0.1, 0.15) is 11.4 Å². The first-order valence-corrected chi connectivity index (χ1v) is 5.93. The van der Waals surface area contributed by atoms with Gasteiger partial charge in [0.2, 0.25) is 5.91 Å². The van der Waals surface area contributed by atoms with Crippen LogP contribution in [-0.2, 0) is 19.1 Å². The van der Waals surface area contributed by atoms with Crippen LogP contribution in [0, 0.1) is 0 Å². The molecule has 0 unspecified atom stereocenters. The molecule has 1 aliphatic rings. The number of ether oxygens (including phenoxy) is 1. The molecule has 100 valence electrons. The molecule has 1 saturated heterocycles. The van der Waals surface area contributed by atoms with E-state index in [-0.39, 0.29) is 23.7 Å². The third-order valence-corrected chi connectivity index (χ3v) is 2.33. The number of ketones is 1. The SMILES string of the molecule is CC(=O)C/C(C(=O)OC(C)(C)C)=C1/CCC(=O)N1. The number of hydrogen-bond acceptors (Lipinski definition) is 4. The molecule has 1 amide bonds. The summed E-state index contributed by atoms with van der Waals surface area (Å²) in [5, 5.41) is 2.61. The number of esters is 1. The first-order chi connectivity index (χ1) is 8.19. The monoisotopic (exact) mass is 253 g/mol. The summed E-state index contributed by atoms with van der Waals surface area (Å²) in [5.74, 6) is -0.797. The van der Waals surface area contributed by atoms with Gasteiger partial charge in [-0.2, -0.15) is 0 Å². The summed E-state index contributed by atoms with van der Waals surface area (Å²) in [4.78, 5) is 34.4. The molecular weight excluding hydrogens is 234 g/mol. The van der Waals surface area contributed by atoms with Gasteiger partial charge in [0.25, 0.3) is 0 Å². The predicted octanol–water partition coefficient (Wildman–Crippen LogP) is 1.47. The Morgan fingerprint density at radius 3 is 2.28 bits per heavy atom. The minimum absolute atomic E-state index is 0.00940. The molecule has 1 N–H and O–H groups in total. The van der Waals surface area contributed by atoms with Crippen LogP contribution < -0.4 is 5.32 Å². The lowest BCUT2D eigenvalue weighted by molar-refractivity contribution is -0.150. The number of hydrogen-bond donors (Lipinski definition) is 1. The second-order valence-electron chi connectivity index (χ2n) is 5.39. The van der Waals surface area contributed by atoms with Crippen molar-refractivity contribution in [3.8, 4) is 0 Å². The summed E-state index contributed by atoms with van der Waals surface area (Å²) in [6, 6.07) is 0. The van der Waals surface area contributed by atoms with Crippen LogP contribution in [0.15, 0.2) is 11.3 Å². The standard InChI is InChI=1S/C13H19NO4/c1-8(15)7-9(10-5-6-11(16)14-10)12(17)18-13(2,3)4/h5-7H2,1-4H3,(H,14,16)/b10-9+. The number of amides is 1. The van der Waals surface area contributed by atoms with E-state index < -0.39 is 11.6 Å². The van der Waals surface area contributed by atoms with Crippen LogP contribution in [0.1, 0.15) is 47.0 Å². The molecule has 1 rings (SSSR count). The fourth-order valence-electron chi connectivity index (χ4n) is 1.65. The molecule has 0 aromatic rings. The van der Waals surface area contributed by atoms with Crippen LogP contribution in [0.2, 0.25) is 0 Å². The maximum absolute atomic E-state index is 12.0. The van der Waals surface area contributed by atoms with Gasteiger partial charge < -0.3 is 10.1 Å². The zero-order chi connectivity index (χ0) is 13.9. The Morgan fingerprint density at radius 1 is 1.28 bits per heavy atom. The minimum Gasteiger partial charge on any atom is -0.457 e. The average molecular weight is 253 g/mol. The van der Waals surface area contributed by atoms with Gasteiger partial charge in [-0.05, 0) is 34.1 Å². The summed E-state index contributed by atoms with van der Waals surface area (Å²) in [7, 11) is 0. The third kappa shape index (κ3) is 4.31. The van der Waals surface area contributed by atoms with E-state index in [0.29, 0.717) is 18.5 Å². The molecule has 18 heavy (non-hydrogen) atoms. The van der Waals surface area contributed by atoms with Crippen molar-refractivity contribution in [3.63, 3.8) is 0 Å². The fourth-order valence-corrected chi connectivity index (χ4v) is 1.65. The van der Waals surface area contributed by atoms with E-state index in [9.17, 15) is 14.4 Å². The Morgan fingerprint density at radius 2 is 1.89 bits per heavy atom. The first-order valence-electron chi connectivity index (χ1n) is 5.93. The number of rotatable bonds is 3. The Labute approximate surface area is 107 Å². The maximum Gasteiger partial charge on any atom is 0.336 e. The van der Waals surface area contributed by atoms with Crippen LogP contribution in [0.25, 0.3) is 0 Å². The molecular formula is C13H19NO4. The van der Waals surface area contributed by atoms with Crippen molar-refractivity contribution in [2.45, 2.75) is 52.6 Å². The predicted molar refractivity (Wildman–Crippen MR) is 65.5 cm³/mol. The highest BCUT2D eigenvalue weighted by atomic mass is 16.6. The Balaban J connectivity index is 2.95. The van der Waals surface area contributed by atoms with E-state index in [1.807, 2.05) is 0 Å². The molecule has 0 radical (unpaired) electrons. The summed E-state index contributed by atoms with van der Waals surface area (Å²) in [6.45, 7) is 6.68. The van der Waals surface area contributed by atoms with E-state index in [1.165, 1.54) is 6.92 Å². The van der Waals surface area contributed by atoms with E-state index >= 15 is 0 Å².